The molecule has 0 saturated heterocycles. The van der Waals surface area contributed by atoms with Gasteiger partial charge in [-0.3, -0.25) is 14.9 Å². The molecule has 7 heteroatoms. The van der Waals surface area contributed by atoms with Crippen LogP contribution < -0.4 is 10.2 Å². The number of nitro benzene ring substituents is 1. The maximum atomic E-state index is 11.8. The number of ether oxygens (including phenoxy) is 1. The highest BCUT2D eigenvalue weighted by Crippen LogP contribution is 2.19. The number of rotatable bonds is 6. The molecule has 130 valence electrons. The summed E-state index contributed by atoms with van der Waals surface area (Å²) in [6, 6.07) is 19.3. The Hall–Kier alpha value is -3.74. The van der Waals surface area contributed by atoms with Crippen molar-refractivity contribution in [3.8, 4) is 5.75 Å². The topological polar surface area (TPSA) is 93.8 Å². The second kappa shape index (κ2) is 7.89. The van der Waals surface area contributed by atoms with E-state index in [1.807, 2.05) is 42.5 Å². The summed E-state index contributed by atoms with van der Waals surface area (Å²) in [6.07, 6.45) is 1.56. The third-order valence-corrected chi connectivity index (χ3v) is 3.61. The first kappa shape index (κ1) is 17.1. The molecule has 0 saturated carbocycles. The van der Waals surface area contributed by atoms with Crippen LogP contribution in [0, 0.1) is 10.1 Å². The van der Waals surface area contributed by atoms with E-state index < -0.39 is 10.8 Å². The number of hydrogen-bond donors (Lipinski definition) is 1. The molecule has 0 unspecified atom stereocenters. The van der Waals surface area contributed by atoms with Gasteiger partial charge >= 0.3 is 0 Å². The standard InChI is InChI=1S/C19H15N3O4/c23-19(13-26-17-9-4-8-16(11-17)22(24)25)21-20-12-15-7-3-6-14-5-1-2-10-18(14)15/h1-12H,13H2,(H,21,23)/b20-12+. The minimum Gasteiger partial charge on any atom is -0.483 e. The van der Waals surface area contributed by atoms with E-state index in [1.165, 1.54) is 18.2 Å². The third kappa shape index (κ3) is 4.21. The number of non-ortho nitro benzene ring substituents is 1. The number of nitrogens with one attached hydrogen (secondary N) is 1. The first-order chi connectivity index (χ1) is 12.6. The Morgan fingerprint density at radius 1 is 1.12 bits per heavy atom. The average Bonchev–Trinajstić information content (AvgIpc) is 2.67. The van der Waals surface area contributed by atoms with Gasteiger partial charge in [0.05, 0.1) is 17.2 Å². The summed E-state index contributed by atoms with van der Waals surface area (Å²) in [6.45, 7) is -0.298. The summed E-state index contributed by atoms with van der Waals surface area (Å²) in [4.78, 5) is 22.0. The lowest BCUT2D eigenvalue weighted by molar-refractivity contribution is -0.384. The highest BCUT2D eigenvalue weighted by atomic mass is 16.6. The molecule has 0 radical (unpaired) electrons. The highest BCUT2D eigenvalue weighted by molar-refractivity contribution is 5.99. The first-order valence-corrected chi connectivity index (χ1v) is 7.80. The van der Waals surface area contributed by atoms with Crippen molar-refractivity contribution in [2.45, 2.75) is 0 Å². The summed E-state index contributed by atoms with van der Waals surface area (Å²) in [5, 5.41) is 16.8. The molecule has 0 aliphatic heterocycles. The molecule has 0 aliphatic carbocycles. The maximum absolute atomic E-state index is 11.8. The van der Waals surface area contributed by atoms with Crippen LogP contribution in [0.3, 0.4) is 0 Å². The van der Waals surface area contributed by atoms with Gasteiger partial charge in [-0.25, -0.2) is 5.43 Å². The van der Waals surface area contributed by atoms with Gasteiger partial charge in [0.2, 0.25) is 0 Å². The van der Waals surface area contributed by atoms with Gasteiger partial charge in [-0.05, 0) is 16.8 Å². The van der Waals surface area contributed by atoms with Crippen molar-refractivity contribution in [3.05, 3.63) is 82.4 Å². The molecule has 1 amide bonds. The quantitative estimate of drug-likeness (QED) is 0.420. The van der Waals surface area contributed by atoms with E-state index >= 15 is 0 Å². The highest BCUT2D eigenvalue weighted by Gasteiger charge is 2.07. The van der Waals surface area contributed by atoms with E-state index in [0.717, 1.165) is 16.3 Å². The molecule has 1 N–H and O–H groups in total. The van der Waals surface area contributed by atoms with Gasteiger partial charge in [0.25, 0.3) is 11.6 Å². The van der Waals surface area contributed by atoms with Gasteiger partial charge in [-0.2, -0.15) is 5.10 Å². The van der Waals surface area contributed by atoms with Gasteiger partial charge in [-0.1, -0.05) is 48.5 Å². The smallest absolute Gasteiger partial charge is 0.277 e. The zero-order valence-electron chi connectivity index (χ0n) is 13.7. The van der Waals surface area contributed by atoms with Gasteiger partial charge in [0, 0.05) is 11.6 Å². The van der Waals surface area contributed by atoms with Crippen molar-refractivity contribution >= 4 is 28.6 Å². The van der Waals surface area contributed by atoms with E-state index in [4.69, 9.17) is 4.74 Å². The van der Waals surface area contributed by atoms with E-state index in [-0.39, 0.29) is 18.0 Å². The zero-order chi connectivity index (χ0) is 18.4. The molecule has 0 atom stereocenters. The van der Waals surface area contributed by atoms with Crippen molar-refractivity contribution in [2.24, 2.45) is 5.10 Å². The largest absolute Gasteiger partial charge is 0.483 e. The van der Waals surface area contributed by atoms with Crippen LogP contribution in [-0.2, 0) is 4.79 Å². The predicted octanol–water partition coefficient (Wildman–Crippen LogP) is 3.28. The minimum absolute atomic E-state index is 0.100. The Kier molecular flexibility index (Phi) is 5.19. The number of fused-ring (bicyclic) bond motifs is 1. The fourth-order valence-corrected chi connectivity index (χ4v) is 2.40. The molecule has 0 heterocycles. The first-order valence-electron chi connectivity index (χ1n) is 7.80. The maximum Gasteiger partial charge on any atom is 0.277 e. The van der Waals surface area contributed by atoms with Crippen LogP contribution >= 0.6 is 0 Å². The Morgan fingerprint density at radius 2 is 1.88 bits per heavy atom. The number of benzene rings is 3. The van der Waals surface area contributed by atoms with E-state index in [9.17, 15) is 14.9 Å². The summed E-state index contributed by atoms with van der Waals surface area (Å²) in [5.74, 6) is -0.222. The molecule has 0 bridgehead atoms. The van der Waals surface area contributed by atoms with Crippen LogP contribution in [0.4, 0.5) is 5.69 Å². The van der Waals surface area contributed by atoms with Crippen LogP contribution in [0.2, 0.25) is 0 Å². The van der Waals surface area contributed by atoms with Crippen LogP contribution in [0.15, 0.2) is 71.8 Å². The number of carbonyl (C=O) groups is 1. The molecule has 3 rings (SSSR count). The van der Waals surface area contributed by atoms with Crippen molar-refractivity contribution < 1.29 is 14.5 Å². The molecule has 0 aromatic heterocycles. The lowest BCUT2D eigenvalue weighted by atomic mass is 10.1. The number of hydrogen-bond acceptors (Lipinski definition) is 5. The Balaban J connectivity index is 1.58. The molecule has 3 aromatic rings. The summed E-state index contributed by atoms with van der Waals surface area (Å²) >= 11 is 0. The summed E-state index contributed by atoms with van der Waals surface area (Å²) in [5.41, 5.74) is 3.15. The number of nitrogens with zero attached hydrogens (tertiary/aromatic N) is 2. The number of hydrazone groups is 1. The molecule has 7 nitrogen and oxygen atoms in total. The van der Waals surface area contributed by atoms with Crippen molar-refractivity contribution in [1.82, 2.24) is 5.43 Å². The van der Waals surface area contributed by atoms with Crippen LogP contribution in [0.25, 0.3) is 10.8 Å². The Morgan fingerprint density at radius 3 is 2.73 bits per heavy atom. The van der Waals surface area contributed by atoms with Gasteiger partial charge in [-0.15, -0.1) is 0 Å². The number of carbonyl (C=O) groups excluding carboxylic acids is 1. The summed E-state index contributed by atoms with van der Waals surface area (Å²) < 4.78 is 5.24. The average molecular weight is 349 g/mol. The second-order valence-electron chi connectivity index (χ2n) is 5.40. The third-order valence-electron chi connectivity index (χ3n) is 3.61. The minimum atomic E-state index is -0.526. The Labute approximate surface area is 149 Å². The normalized spacial score (nSPS) is 10.8. The predicted molar refractivity (Wildman–Crippen MR) is 98.3 cm³/mol. The molecule has 26 heavy (non-hydrogen) atoms. The van der Waals surface area contributed by atoms with Gasteiger partial charge < -0.3 is 4.74 Å². The number of nitro groups is 1. The fraction of sp³-hybridized carbons (Fsp3) is 0.0526. The molecule has 0 fully saturated rings. The van der Waals surface area contributed by atoms with Crippen molar-refractivity contribution in [1.29, 1.82) is 0 Å². The van der Waals surface area contributed by atoms with Gasteiger partial charge in [0.15, 0.2) is 6.61 Å². The SMILES string of the molecule is O=C(COc1cccc([N+](=O)[O-])c1)N/N=C/c1cccc2ccccc12. The molecule has 3 aromatic carbocycles. The van der Waals surface area contributed by atoms with Gasteiger partial charge in [0.1, 0.15) is 5.75 Å². The lowest BCUT2D eigenvalue weighted by Crippen LogP contribution is -2.24. The molecular weight excluding hydrogens is 334 g/mol. The monoisotopic (exact) mass is 349 g/mol. The van der Waals surface area contributed by atoms with E-state index in [0.29, 0.717) is 0 Å². The van der Waals surface area contributed by atoms with E-state index in [2.05, 4.69) is 10.5 Å². The molecular formula is C19H15N3O4. The zero-order valence-corrected chi connectivity index (χ0v) is 13.7. The number of amides is 1. The fourth-order valence-electron chi connectivity index (χ4n) is 2.40. The van der Waals surface area contributed by atoms with Crippen molar-refractivity contribution in [2.75, 3.05) is 6.61 Å². The van der Waals surface area contributed by atoms with E-state index in [1.54, 1.807) is 12.3 Å². The summed E-state index contributed by atoms with van der Waals surface area (Å²) in [7, 11) is 0. The van der Waals surface area contributed by atoms with Crippen LogP contribution in [-0.4, -0.2) is 23.7 Å². The van der Waals surface area contributed by atoms with Crippen LogP contribution in [0.1, 0.15) is 5.56 Å². The van der Waals surface area contributed by atoms with Crippen molar-refractivity contribution in [3.63, 3.8) is 0 Å². The lowest BCUT2D eigenvalue weighted by Gasteiger charge is -2.05. The molecule has 0 spiro atoms. The second-order valence-corrected chi connectivity index (χ2v) is 5.40. The Bertz CT molecular complexity index is 980. The van der Waals surface area contributed by atoms with Crippen LogP contribution in [0.5, 0.6) is 5.75 Å². The molecule has 0 aliphatic rings.